The van der Waals surface area contributed by atoms with Crippen molar-refractivity contribution in [2.45, 2.75) is 26.9 Å². The Morgan fingerprint density at radius 3 is 2.50 bits per heavy atom. The number of Topliss-reactive ketones (excluding diaryl/α,β-unsaturated/α-hetero) is 1. The van der Waals surface area contributed by atoms with Crippen LogP contribution < -0.4 is 0 Å². The number of nitrogens with zero attached hydrogens (tertiary/aromatic N) is 3. The van der Waals surface area contributed by atoms with Crippen molar-refractivity contribution in [1.82, 2.24) is 14.8 Å². The van der Waals surface area contributed by atoms with E-state index in [4.69, 9.17) is 4.74 Å². The SMILES string of the molecule is Cc1cc(C(=O)O[C@H](C)C(=O)c2ccc(F)cc2)c2c(C)nn(C)c2n1. The molecule has 3 aromatic rings. The Bertz CT molecular complexity index is 1010. The quantitative estimate of drug-likeness (QED) is 0.531. The lowest BCUT2D eigenvalue weighted by atomic mass is 10.1. The summed E-state index contributed by atoms with van der Waals surface area (Å²) >= 11 is 0. The van der Waals surface area contributed by atoms with Gasteiger partial charge in [0.15, 0.2) is 11.8 Å². The predicted octanol–water partition coefficient (Wildman–Crippen LogP) is 3.15. The molecule has 0 spiro atoms. The van der Waals surface area contributed by atoms with Crippen LogP contribution in [0.4, 0.5) is 4.39 Å². The largest absolute Gasteiger partial charge is 0.451 e. The zero-order chi connectivity index (χ0) is 19.0. The summed E-state index contributed by atoms with van der Waals surface area (Å²) in [5.74, 6) is -1.46. The van der Waals surface area contributed by atoms with Crippen LogP contribution in [0.5, 0.6) is 0 Å². The third-order valence-electron chi connectivity index (χ3n) is 4.10. The molecule has 2 aromatic heterocycles. The Balaban J connectivity index is 1.89. The van der Waals surface area contributed by atoms with E-state index in [0.29, 0.717) is 28.0 Å². The van der Waals surface area contributed by atoms with Crippen molar-refractivity contribution in [1.29, 1.82) is 0 Å². The molecule has 0 aliphatic heterocycles. The molecule has 0 aliphatic carbocycles. The minimum atomic E-state index is -1.01. The molecule has 1 aromatic carbocycles. The highest BCUT2D eigenvalue weighted by Crippen LogP contribution is 2.23. The minimum Gasteiger partial charge on any atom is -0.451 e. The first-order valence-corrected chi connectivity index (χ1v) is 8.09. The van der Waals surface area contributed by atoms with Gasteiger partial charge in [-0.15, -0.1) is 0 Å². The van der Waals surface area contributed by atoms with Crippen LogP contribution >= 0.6 is 0 Å². The highest BCUT2D eigenvalue weighted by atomic mass is 19.1. The highest BCUT2D eigenvalue weighted by molar-refractivity contribution is 6.06. The summed E-state index contributed by atoms with van der Waals surface area (Å²) in [6.45, 7) is 5.04. The maximum Gasteiger partial charge on any atom is 0.339 e. The Morgan fingerprint density at radius 1 is 1.19 bits per heavy atom. The van der Waals surface area contributed by atoms with E-state index in [0.717, 1.165) is 0 Å². The van der Waals surface area contributed by atoms with Gasteiger partial charge in [-0.1, -0.05) is 0 Å². The minimum absolute atomic E-state index is 0.278. The number of hydrogen-bond donors (Lipinski definition) is 0. The van der Waals surface area contributed by atoms with Crippen LogP contribution in [0.1, 0.15) is 39.0 Å². The molecular weight excluding hydrogens is 337 g/mol. The molecule has 0 fully saturated rings. The fourth-order valence-corrected chi connectivity index (χ4v) is 2.86. The summed E-state index contributed by atoms with van der Waals surface area (Å²) in [6.07, 6.45) is -1.01. The average molecular weight is 355 g/mol. The number of esters is 1. The predicted molar refractivity (Wildman–Crippen MR) is 93.6 cm³/mol. The van der Waals surface area contributed by atoms with Gasteiger partial charge in [0.2, 0.25) is 5.78 Å². The first-order chi connectivity index (χ1) is 12.3. The summed E-state index contributed by atoms with van der Waals surface area (Å²) in [5.41, 5.74) is 2.47. The van der Waals surface area contributed by atoms with Gasteiger partial charge in [-0.2, -0.15) is 5.10 Å². The summed E-state index contributed by atoms with van der Waals surface area (Å²) in [6, 6.07) is 6.73. The van der Waals surface area contributed by atoms with E-state index in [9.17, 15) is 14.0 Å². The molecule has 0 N–H and O–H groups in total. The van der Waals surface area contributed by atoms with Gasteiger partial charge in [0.25, 0.3) is 0 Å². The van der Waals surface area contributed by atoms with Crippen molar-refractivity contribution in [3.8, 4) is 0 Å². The topological polar surface area (TPSA) is 74.1 Å². The first-order valence-electron chi connectivity index (χ1n) is 8.09. The zero-order valence-electron chi connectivity index (χ0n) is 14.9. The van der Waals surface area contributed by atoms with Crippen molar-refractivity contribution in [2.24, 2.45) is 7.05 Å². The van der Waals surface area contributed by atoms with Crippen LogP contribution in [0.15, 0.2) is 30.3 Å². The third-order valence-corrected chi connectivity index (χ3v) is 4.10. The standard InChI is InChI=1S/C19H18FN3O3/c1-10-9-15(16-11(2)22-23(4)18(16)21-10)19(25)26-12(3)17(24)13-5-7-14(20)8-6-13/h5-9,12H,1-4H3/t12-/m1/s1. The Labute approximate surface area is 149 Å². The number of ketones is 1. The third kappa shape index (κ3) is 3.20. The Kier molecular flexibility index (Phi) is 4.54. The molecule has 134 valence electrons. The molecule has 1 atom stereocenters. The number of aryl methyl sites for hydroxylation is 3. The number of pyridine rings is 1. The van der Waals surface area contributed by atoms with E-state index >= 15 is 0 Å². The van der Waals surface area contributed by atoms with Gasteiger partial charge in [0.05, 0.1) is 16.6 Å². The summed E-state index contributed by atoms with van der Waals surface area (Å²) < 4.78 is 20.0. The van der Waals surface area contributed by atoms with E-state index in [1.165, 1.54) is 31.2 Å². The van der Waals surface area contributed by atoms with Crippen LogP contribution in [-0.2, 0) is 11.8 Å². The zero-order valence-corrected chi connectivity index (χ0v) is 14.9. The van der Waals surface area contributed by atoms with Crippen LogP contribution in [0.2, 0.25) is 0 Å². The second-order valence-corrected chi connectivity index (χ2v) is 6.14. The van der Waals surface area contributed by atoms with Crippen LogP contribution in [0.3, 0.4) is 0 Å². The smallest absolute Gasteiger partial charge is 0.339 e. The molecule has 3 rings (SSSR count). The molecule has 7 heteroatoms. The second kappa shape index (κ2) is 6.67. The fourth-order valence-electron chi connectivity index (χ4n) is 2.86. The summed E-state index contributed by atoms with van der Waals surface area (Å²) in [4.78, 5) is 29.5. The number of halogens is 1. The normalized spacial score (nSPS) is 12.2. The lowest BCUT2D eigenvalue weighted by molar-refractivity contribution is 0.0320. The number of carbonyl (C=O) groups is 2. The average Bonchev–Trinajstić information content (AvgIpc) is 2.88. The molecule has 2 heterocycles. The summed E-state index contributed by atoms with van der Waals surface area (Å²) in [5, 5.41) is 4.89. The highest BCUT2D eigenvalue weighted by Gasteiger charge is 2.24. The van der Waals surface area contributed by atoms with Gasteiger partial charge in [-0.05, 0) is 51.1 Å². The van der Waals surface area contributed by atoms with E-state index in [1.807, 2.05) is 0 Å². The lowest BCUT2D eigenvalue weighted by Gasteiger charge is -2.13. The number of ether oxygens (including phenoxy) is 1. The second-order valence-electron chi connectivity index (χ2n) is 6.14. The van der Waals surface area contributed by atoms with Crippen molar-refractivity contribution in [2.75, 3.05) is 0 Å². The molecule has 0 aliphatic rings. The summed E-state index contributed by atoms with van der Waals surface area (Å²) in [7, 11) is 1.75. The van der Waals surface area contributed by atoms with Gasteiger partial charge in [-0.25, -0.2) is 14.2 Å². The van der Waals surface area contributed by atoms with Gasteiger partial charge < -0.3 is 4.74 Å². The molecule has 0 amide bonds. The van der Waals surface area contributed by atoms with E-state index in [1.54, 1.807) is 31.6 Å². The molecule has 26 heavy (non-hydrogen) atoms. The van der Waals surface area contributed by atoms with E-state index in [-0.39, 0.29) is 5.56 Å². The number of carbonyl (C=O) groups excluding carboxylic acids is 2. The first kappa shape index (κ1) is 17.7. The number of fused-ring (bicyclic) bond motifs is 1. The lowest BCUT2D eigenvalue weighted by Crippen LogP contribution is -2.24. The van der Waals surface area contributed by atoms with E-state index in [2.05, 4.69) is 10.1 Å². The van der Waals surface area contributed by atoms with Crippen molar-refractivity contribution < 1.29 is 18.7 Å². The van der Waals surface area contributed by atoms with Crippen LogP contribution in [-0.4, -0.2) is 32.6 Å². The van der Waals surface area contributed by atoms with Crippen molar-refractivity contribution >= 4 is 22.8 Å². The molecule has 0 unspecified atom stereocenters. The fraction of sp³-hybridized carbons (Fsp3) is 0.263. The Morgan fingerprint density at radius 2 is 1.85 bits per heavy atom. The number of benzene rings is 1. The number of aromatic nitrogens is 3. The van der Waals surface area contributed by atoms with E-state index < -0.39 is 23.7 Å². The molecule has 0 radical (unpaired) electrons. The van der Waals surface area contributed by atoms with Crippen molar-refractivity contribution in [3.05, 3.63) is 58.7 Å². The van der Waals surface area contributed by atoms with Gasteiger partial charge in [-0.3, -0.25) is 9.48 Å². The molecule has 0 saturated heterocycles. The van der Waals surface area contributed by atoms with Gasteiger partial charge >= 0.3 is 5.97 Å². The van der Waals surface area contributed by atoms with Gasteiger partial charge in [0, 0.05) is 18.3 Å². The Hall–Kier alpha value is -3.09. The molecular formula is C19H18FN3O3. The number of hydrogen-bond acceptors (Lipinski definition) is 5. The molecule has 0 bridgehead atoms. The monoisotopic (exact) mass is 355 g/mol. The maximum absolute atomic E-state index is 13.0. The molecule has 0 saturated carbocycles. The van der Waals surface area contributed by atoms with Crippen molar-refractivity contribution in [3.63, 3.8) is 0 Å². The van der Waals surface area contributed by atoms with Gasteiger partial charge in [0.1, 0.15) is 5.82 Å². The molecule has 6 nitrogen and oxygen atoms in total. The van der Waals surface area contributed by atoms with Crippen LogP contribution in [0, 0.1) is 19.7 Å². The van der Waals surface area contributed by atoms with Crippen LogP contribution in [0.25, 0.3) is 11.0 Å². The maximum atomic E-state index is 13.0. The number of rotatable bonds is 4.